The van der Waals surface area contributed by atoms with Crippen LogP contribution in [0.3, 0.4) is 0 Å². The van der Waals surface area contributed by atoms with Gasteiger partial charge in [0.15, 0.2) is 12.6 Å². The van der Waals surface area contributed by atoms with Crippen LogP contribution in [0.1, 0.15) is 0 Å². The summed E-state index contributed by atoms with van der Waals surface area (Å²) in [6.07, 6.45) is -0.556. The summed E-state index contributed by atoms with van der Waals surface area (Å²) in [4.78, 5) is 35.5. The normalized spacial score (nSPS) is 5.83. The molecule has 0 aromatic carbocycles. The SMILES string of the molecule is O=CC(=O)[O-].O=CC(=O)[O-].[O]=[Zr+2]. The van der Waals surface area contributed by atoms with Crippen molar-refractivity contribution in [3.63, 3.8) is 0 Å². The van der Waals surface area contributed by atoms with Crippen molar-refractivity contribution in [2.45, 2.75) is 0 Å². The fourth-order valence-corrected chi connectivity index (χ4v) is 0. The van der Waals surface area contributed by atoms with E-state index in [-0.39, 0.29) is 12.6 Å². The van der Waals surface area contributed by atoms with Crippen LogP contribution in [0.2, 0.25) is 0 Å². The molecule has 0 heterocycles. The van der Waals surface area contributed by atoms with Crippen molar-refractivity contribution in [3.05, 3.63) is 0 Å². The van der Waals surface area contributed by atoms with Gasteiger partial charge in [0, 0.05) is 0 Å². The third-order valence-corrected chi connectivity index (χ3v) is 0.192. The van der Waals surface area contributed by atoms with Gasteiger partial charge >= 0.3 is 27.5 Å². The zero-order chi connectivity index (χ0) is 10.6. The van der Waals surface area contributed by atoms with Crippen molar-refractivity contribution in [1.29, 1.82) is 0 Å². The van der Waals surface area contributed by atoms with Crippen LogP contribution in [-0.4, -0.2) is 24.5 Å². The van der Waals surface area contributed by atoms with Crippen LogP contribution >= 0.6 is 0 Å². The molecule has 0 aromatic rings. The van der Waals surface area contributed by atoms with Gasteiger partial charge in [0.05, 0.1) is 0 Å². The van der Waals surface area contributed by atoms with E-state index in [0.717, 1.165) is 0 Å². The Morgan fingerprint density at radius 2 is 1.00 bits per heavy atom. The van der Waals surface area contributed by atoms with E-state index in [2.05, 4.69) is 0 Å². The molecule has 0 saturated heterocycles. The number of hydrogen-bond acceptors (Lipinski definition) is 7. The van der Waals surface area contributed by atoms with Crippen molar-refractivity contribution in [1.82, 2.24) is 0 Å². The zero-order valence-corrected chi connectivity index (χ0v) is 7.97. The average Bonchev–Trinajstić information content (AvgIpc) is 2.09. The first-order valence-corrected chi connectivity index (χ1v) is 3.07. The van der Waals surface area contributed by atoms with E-state index in [1.807, 2.05) is 0 Å². The van der Waals surface area contributed by atoms with Crippen molar-refractivity contribution in [2.75, 3.05) is 0 Å². The minimum absolute atomic E-state index is 0.278. The van der Waals surface area contributed by atoms with E-state index in [4.69, 9.17) is 32.2 Å². The molecule has 0 aliphatic carbocycles. The van der Waals surface area contributed by atoms with Crippen LogP contribution in [0.15, 0.2) is 0 Å². The van der Waals surface area contributed by atoms with Crippen LogP contribution < -0.4 is 10.2 Å². The van der Waals surface area contributed by atoms with E-state index in [0.29, 0.717) is 24.7 Å². The second-order valence-electron chi connectivity index (χ2n) is 0.874. The second-order valence-corrected chi connectivity index (χ2v) is 0.874. The van der Waals surface area contributed by atoms with E-state index >= 15 is 0 Å². The molecule has 0 N–H and O–H groups in total. The topological polar surface area (TPSA) is 131 Å². The molecule has 0 atom stereocenters. The van der Waals surface area contributed by atoms with Crippen LogP contribution in [0.4, 0.5) is 0 Å². The van der Waals surface area contributed by atoms with E-state index in [9.17, 15) is 0 Å². The van der Waals surface area contributed by atoms with Gasteiger partial charge in [0.1, 0.15) is 11.9 Å². The molecule has 7 nitrogen and oxygen atoms in total. The maximum atomic E-state index is 8.89. The standard InChI is InChI=1S/2C2H2O3.O.Zr/c2*3-1-2(4)5;;/h2*1H,(H,4,5);;/q;;;+2/p-2. The quantitative estimate of drug-likeness (QED) is 0.359. The Balaban J connectivity index is -0.000000112. The molecule has 0 aliphatic heterocycles. The number of aliphatic carboxylic acids is 2. The first-order valence-electron chi connectivity index (χ1n) is 2.07. The number of hydrogen-bond donors (Lipinski definition) is 0. The van der Waals surface area contributed by atoms with Gasteiger partial charge in [-0.15, -0.1) is 0 Å². The maximum absolute atomic E-state index is 8.89. The molecule has 64 valence electrons. The number of carboxylic acids is 2. The molecule has 0 unspecified atom stereocenters. The summed E-state index contributed by atoms with van der Waals surface area (Å²) in [7, 11) is 0. The van der Waals surface area contributed by atoms with Gasteiger partial charge in [-0.05, 0) is 0 Å². The summed E-state index contributed by atoms with van der Waals surface area (Å²) in [5.74, 6) is -3.35. The zero-order valence-electron chi connectivity index (χ0n) is 5.51. The van der Waals surface area contributed by atoms with Gasteiger partial charge in [0.25, 0.3) is 0 Å². The van der Waals surface area contributed by atoms with Crippen molar-refractivity contribution < 1.29 is 56.9 Å². The van der Waals surface area contributed by atoms with E-state index in [1.165, 1.54) is 0 Å². The second kappa shape index (κ2) is 16.5. The van der Waals surface area contributed by atoms with Crippen LogP contribution in [0, 0.1) is 0 Å². The van der Waals surface area contributed by atoms with Gasteiger partial charge < -0.3 is 19.8 Å². The molecule has 0 saturated carbocycles. The number of aldehydes is 2. The molecular formula is C4H2O7Zr. The summed E-state index contributed by atoms with van der Waals surface area (Å²) in [5.41, 5.74) is 0. The van der Waals surface area contributed by atoms with Gasteiger partial charge in [-0.1, -0.05) is 0 Å². The Labute approximate surface area is 81.7 Å². The molecule has 12 heavy (non-hydrogen) atoms. The average molecular weight is 253 g/mol. The third-order valence-electron chi connectivity index (χ3n) is 0.192. The molecule has 0 rings (SSSR count). The fourth-order valence-electron chi connectivity index (χ4n) is 0. The molecule has 8 heteroatoms. The number of carboxylic acid groups (broad SMARTS) is 2. The summed E-state index contributed by atoms with van der Waals surface area (Å²) >= 11 is 0.300. The van der Waals surface area contributed by atoms with Gasteiger partial charge in [-0.2, -0.15) is 0 Å². The monoisotopic (exact) mass is 252 g/mol. The molecule has 0 amide bonds. The Morgan fingerprint density at radius 3 is 1.00 bits per heavy atom. The molecule has 0 aliphatic rings. The van der Waals surface area contributed by atoms with Crippen LogP contribution in [0.25, 0.3) is 0 Å². The van der Waals surface area contributed by atoms with Crippen molar-refractivity contribution in [2.24, 2.45) is 0 Å². The summed E-state index contributed by atoms with van der Waals surface area (Å²) < 4.78 is 8.34. The van der Waals surface area contributed by atoms with Crippen LogP contribution in [0.5, 0.6) is 0 Å². The summed E-state index contributed by atoms with van der Waals surface area (Å²) in [6.45, 7) is 0. The predicted octanol–water partition coefficient (Wildman–Crippen LogP) is -4.25. The Kier molecular flexibility index (Phi) is 23.6. The molecule has 0 fully saturated rings. The third kappa shape index (κ3) is 64.7. The molecular weight excluding hydrogens is 251 g/mol. The first kappa shape index (κ1) is 17.2. The molecule has 0 bridgehead atoms. The summed E-state index contributed by atoms with van der Waals surface area (Å²) in [6, 6.07) is 0. The van der Waals surface area contributed by atoms with Gasteiger partial charge in [-0.25, -0.2) is 0 Å². The Hall–Kier alpha value is -1.04. The Bertz CT molecular complexity index is 147. The van der Waals surface area contributed by atoms with Gasteiger partial charge in [-0.3, -0.25) is 9.59 Å². The number of rotatable bonds is 2. The number of carbonyl (C=O) groups is 4. The fraction of sp³-hybridized carbons (Fsp3) is 0. The van der Waals surface area contributed by atoms with Crippen LogP contribution in [-0.2, 0) is 46.7 Å². The molecule has 0 radical (unpaired) electrons. The van der Waals surface area contributed by atoms with Gasteiger partial charge in [0.2, 0.25) is 0 Å². The Morgan fingerprint density at radius 1 is 0.917 bits per heavy atom. The van der Waals surface area contributed by atoms with E-state index in [1.54, 1.807) is 0 Å². The predicted molar refractivity (Wildman–Crippen MR) is 22.8 cm³/mol. The molecule has 0 spiro atoms. The van der Waals surface area contributed by atoms with E-state index < -0.39 is 11.9 Å². The summed E-state index contributed by atoms with van der Waals surface area (Å²) in [5, 5.41) is 17.8. The molecule has 0 aromatic heterocycles. The number of carbonyl (C=O) groups excluding carboxylic acids is 4. The minimum atomic E-state index is -1.68. The van der Waals surface area contributed by atoms with Crippen molar-refractivity contribution >= 4 is 24.5 Å². The van der Waals surface area contributed by atoms with Crippen molar-refractivity contribution in [3.8, 4) is 0 Å². The first-order chi connectivity index (χ1) is 5.54.